The highest BCUT2D eigenvalue weighted by Gasteiger charge is 2.36. The monoisotopic (exact) mass is 738 g/mol. The third-order valence-corrected chi connectivity index (χ3v) is 9.13. The van der Waals surface area contributed by atoms with Crippen LogP contribution in [0.15, 0.2) is 90.7 Å². The largest absolute Gasteiger partial charge is 0.416 e. The summed E-state index contributed by atoms with van der Waals surface area (Å²) in [6.45, 7) is 3.35. The van der Waals surface area contributed by atoms with Crippen LogP contribution in [0, 0.1) is 5.92 Å². The van der Waals surface area contributed by atoms with Crippen LogP contribution < -0.4 is 16.4 Å². The molecule has 53 heavy (non-hydrogen) atoms. The zero-order valence-corrected chi connectivity index (χ0v) is 29.4. The lowest BCUT2D eigenvalue weighted by Crippen LogP contribution is -2.56. The molecule has 0 radical (unpaired) electrons. The van der Waals surface area contributed by atoms with E-state index in [-0.39, 0.29) is 61.6 Å². The Hall–Kier alpha value is -5.15. The highest BCUT2D eigenvalue weighted by atomic mass is 19.4. The van der Waals surface area contributed by atoms with Crippen molar-refractivity contribution in [3.63, 3.8) is 0 Å². The quantitative estimate of drug-likeness (QED) is 0.203. The molecule has 3 amide bonds. The Morgan fingerprint density at radius 3 is 2.26 bits per heavy atom. The van der Waals surface area contributed by atoms with E-state index in [1.165, 1.54) is 55.2 Å². The van der Waals surface area contributed by atoms with Crippen molar-refractivity contribution in [1.29, 1.82) is 0 Å². The number of halogens is 4. The molecular weight excluding hydrogens is 696 g/mol. The number of rotatable bonds is 13. The van der Waals surface area contributed by atoms with Gasteiger partial charge < -0.3 is 30.6 Å². The van der Waals surface area contributed by atoms with Crippen LogP contribution in [0.3, 0.4) is 0 Å². The van der Waals surface area contributed by atoms with Crippen molar-refractivity contribution in [1.82, 2.24) is 19.8 Å². The summed E-state index contributed by atoms with van der Waals surface area (Å²) < 4.78 is 60.9. The molecule has 0 spiro atoms. The summed E-state index contributed by atoms with van der Waals surface area (Å²) in [6, 6.07) is 11.1. The fourth-order valence-corrected chi connectivity index (χ4v) is 6.06. The Labute approximate surface area is 304 Å². The number of carbonyl (C=O) groups is 4. The first-order valence-corrected chi connectivity index (χ1v) is 17.2. The van der Waals surface area contributed by atoms with E-state index in [0.29, 0.717) is 24.8 Å². The van der Waals surface area contributed by atoms with Crippen LogP contribution >= 0.6 is 0 Å². The number of anilines is 1. The van der Waals surface area contributed by atoms with Gasteiger partial charge in [-0.1, -0.05) is 48.5 Å². The highest BCUT2D eigenvalue weighted by molar-refractivity contribution is 5.98. The zero-order valence-electron chi connectivity index (χ0n) is 29.4. The molecule has 1 fully saturated rings. The minimum Gasteiger partial charge on any atom is -0.374 e. The van der Waals surface area contributed by atoms with Gasteiger partial charge in [0.05, 0.1) is 30.6 Å². The van der Waals surface area contributed by atoms with Gasteiger partial charge in [-0.3, -0.25) is 19.2 Å². The molecule has 1 aliphatic heterocycles. The standard InChI is InChI=1S/C38H42F4N6O5/c1-37(2,43)36(52)45-30(22-53-21-24-6-4-3-5-7-24)34(50)46-31-20-48(23-44-31)32(25-8-12-28(13-9-25)38(40,41)42)35(51)47-18-16-27(17-19-47)33(49)26-10-14-29(39)15-11-26/h3-10,12-14,20,23,27,30,32H,11,15-19,21-22,43H2,1-2H3,(H,45,52)(H,46,50). The van der Waals surface area contributed by atoms with Crippen molar-refractivity contribution < 1.29 is 41.5 Å². The zero-order chi connectivity index (χ0) is 38.3. The van der Waals surface area contributed by atoms with Gasteiger partial charge in [0.15, 0.2) is 11.6 Å². The molecule has 1 aliphatic carbocycles. The predicted molar refractivity (Wildman–Crippen MR) is 188 cm³/mol. The first-order chi connectivity index (χ1) is 25.1. The van der Waals surface area contributed by atoms with Crippen molar-refractivity contribution in [2.45, 2.75) is 69.9 Å². The van der Waals surface area contributed by atoms with Crippen LogP contribution in [0.4, 0.5) is 23.4 Å². The van der Waals surface area contributed by atoms with Gasteiger partial charge in [0, 0.05) is 31.6 Å². The normalized spacial score (nSPS) is 16.6. The number of likely N-dealkylation sites (tertiary alicyclic amines) is 1. The lowest BCUT2D eigenvalue weighted by molar-refractivity contribution is -0.137. The SMILES string of the molecule is CC(C)(N)C(=O)NC(COCc1ccccc1)C(=O)Nc1cn(C(C(=O)N2CCC(C(=O)C3=CC=C(F)CC3)CC2)c2ccc(C(F)(F)F)cc2)cn1. The number of nitrogens with two attached hydrogens (primary N) is 1. The molecule has 0 bridgehead atoms. The number of ether oxygens (including phenoxy) is 1. The molecule has 2 aliphatic rings. The maximum absolute atomic E-state index is 14.1. The first-order valence-electron chi connectivity index (χ1n) is 17.2. The third-order valence-electron chi connectivity index (χ3n) is 9.13. The molecule has 2 unspecified atom stereocenters. The minimum atomic E-state index is -4.59. The van der Waals surface area contributed by atoms with Gasteiger partial charge in [-0.2, -0.15) is 13.2 Å². The van der Waals surface area contributed by atoms with Crippen LogP contribution in [0.5, 0.6) is 0 Å². The summed E-state index contributed by atoms with van der Waals surface area (Å²) >= 11 is 0. The van der Waals surface area contributed by atoms with Crippen molar-refractivity contribution in [2.75, 3.05) is 25.0 Å². The molecule has 5 rings (SSSR count). The number of allylic oxidation sites excluding steroid dienone is 4. The first kappa shape index (κ1) is 39.1. The Morgan fingerprint density at radius 1 is 0.981 bits per heavy atom. The molecule has 4 N–H and O–H groups in total. The van der Waals surface area contributed by atoms with Crippen molar-refractivity contribution >= 4 is 29.3 Å². The molecule has 1 aromatic heterocycles. The number of imidazole rings is 1. The number of nitrogens with zero attached hydrogens (tertiary/aromatic N) is 3. The van der Waals surface area contributed by atoms with E-state index in [1.54, 1.807) is 4.90 Å². The molecule has 2 heterocycles. The molecule has 0 saturated carbocycles. The number of piperidine rings is 1. The van der Waals surface area contributed by atoms with E-state index < -0.39 is 47.1 Å². The van der Waals surface area contributed by atoms with Gasteiger partial charge in [-0.25, -0.2) is 9.37 Å². The van der Waals surface area contributed by atoms with E-state index in [2.05, 4.69) is 15.6 Å². The second-order valence-electron chi connectivity index (χ2n) is 13.7. The number of Topliss-reactive ketones (excluding diaryl/α,β-unsaturated/α-hetero) is 1. The second-order valence-corrected chi connectivity index (χ2v) is 13.7. The van der Waals surface area contributed by atoms with E-state index in [1.807, 2.05) is 30.3 Å². The Kier molecular flexibility index (Phi) is 12.3. The van der Waals surface area contributed by atoms with Crippen LogP contribution in [0.1, 0.15) is 62.3 Å². The Morgan fingerprint density at radius 2 is 1.66 bits per heavy atom. The van der Waals surface area contributed by atoms with E-state index in [0.717, 1.165) is 17.7 Å². The van der Waals surface area contributed by atoms with Crippen LogP contribution in [-0.2, 0) is 36.7 Å². The van der Waals surface area contributed by atoms with Crippen molar-refractivity contribution in [3.8, 4) is 0 Å². The summed E-state index contributed by atoms with van der Waals surface area (Å²) in [7, 11) is 0. The summed E-state index contributed by atoms with van der Waals surface area (Å²) in [5, 5.41) is 5.22. The van der Waals surface area contributed by atoms with Gasteiger partial charge in [0.2, 0.25) is 11.8 Å². The third kappa shape index (κ3) is 10.3. The van der Waals surface area contributed by atoms with Gasteiger partial charge >= 0.3 is 6.18 Å². The summed E-state index contributed by atoms with van der Waals surface area (Å²) in [4.78, 5) is 59.2. The molecular formula is C38H42F4N6O5. The van der Waals surface area contributed by atoms with Crippen LogP contribution in [0.25, 0.3) is 0 Å². The van der Waals surface area contributed by atoms with E-state index in [4.69, 9.17) is 10.5 Å². The van der Waals surface area contributed by atoms with Crippen LogP contribution in [-0.4, -0.2) is 69.2 Å². The second kappa shape index (κ2) is 16.7. The van der Waals surface area contributed by atoms with E-state index in [9.17, 15) is 36.7 Å². The van der Waals surface area contributed by atoms with Gasteiger partial charge in [0.1, 0.15) is 17.9 Å². The maximum Gasteiger partial charge on any atom is 0.416 e. The number of hydrogen-bond acceptors (Lipinski definition) is 7. The number of aromatic nitrogens is 2. The van der Waals surface area contributed by atoms with E-state index >= 15 is 0 Å². The van der Waals surface area contributed by atoms with Crippen molar-refractivity contribution in [3.05, 3.63) is 107 Å². The Bertz CT molecular complexity index is 1840. The summed E-state index contributed by atoms with van der Waals surface area (Å²) in [5.74, 6) is -2.45. The molecule has 282 valence electrons. The van der Waals surface area contributed by atoms with Gasteiger partial charge in [-0.05, 0) is 68.0 Å². The number of alkyl halides is 3. The molecule has 2 aromatic carbocycles. The molecule has 11 nitrogen and oxygen atoms in total. The molecule has 1 saturated heterocycles. The fourth-order valence-electron chi connectivity index (χ4n) is 6.06. The molecule has 2 atom stereocenters. The highest BCUT2D eigenvalue weighted by Crippen LogP contribution is 2.33. The number of benzene rings is 2. The number of ketones is 1. The van der Waals surface area contributed by atoms with Gasteiger partial charge in [-0.15, -0.1) is 0 Å². The number of hydrogen-bond donors (Lipinski definition) is 3. The maximum atomic E-state index is 14.1. The Balaban J connectivity index is 1.33. The number of amides is 3. The molecule has 3 aromatic rings. The average Bonchev–Trinajstić information content (AvgIpc) is 3.58. The minimum absolute atomic E-state index is 0.00424. The smallest absolute Gasteiger partial charge is 0.374 e. The van der Waals surface area contributed by atoms with Gasteiger partial charge in [0.25, 0.3) is 5.91 Å². The van der Waals surface area contributed by atoms with Crippen molar-refractivity contribution in [2.24, 2.45) is 11.7 Å². The molecule has 15 heteroatoms. The average molecular weight is 739 g/mol. The fraction of sp³-hybridized carbons (Fsp3) is 0.395. The number of carbonyl (C=O) groups excluding carboxylic acids is 4. The topological polar surface area (TPSA) is 149 Å². The summed E-state index contributed by atoms with van der Waals surface area (Å²) in [6.07, 6.45) is 2.05. The van der Waals surface area contributed by atoms with Crippen LogP contribution in [0.2, 0.25) is 0 Å². The predicted octanol–water partition coefficient (Wildman–Crippen LogP) is 5.25. The summed E-state index contributed by atoms with van der Waals surface area (Å²) in [5.41, 5.74) is 5.38. The number of nitrogens with one attached hydrogen (secondary N) is 2. The lowest BCUT2D eigenvalue weighted by atomic mass is 9.85. The lowest BCUT2D eigenvalue weighted by Gasteiger charge is -2.34.